The average Bonchev–Trinajstić information content (AvgIpc) is 2.61. The summed E-state index contributed by atoms with van der Waals surface area (Å²) in [6, 6.07) is 15.3. The molecule has 0 radical (unpaired) electrons. The number of fused-ring (bicyclic) bond motifs is 1. The normalized spacial score (nSPS) is 15.8. The molecule has 1 heterocycles. The third-order valence-electron chi connectivity index (χ3n) is 4.09. The van der Waals surface area contributed by atoms with Gasteiger partial charge in [0.1, 0.15) is 5.75 Å². The van der Waals surface area contributed by atoms with Crippen molar-refractivity contribution in [1.82, 2.24) is 10.2 Å². The lowest BCUT2D eigenvalue weighted by Gasteiger charge is -2.25. The molecule has 26 heavy (non-hydrogen) atoms. The first-order valence-corrected chi connectivity index (χ1v) is 8.57. The van der Waals surface area contributed by atoms with Crippen LogP contribution < -0.4 is 15.4 Å². The SMILES string of the molecule is CN(C)Cc1ccc(CNC(=O)C[C@@H]2Oc3ccccc3NC2=O)cc1. The van der Waals surface area contributed by atoms with Gasteiger partial charge in [0.05, 0.1) is 12.1 Å². The molecule has 0 fully saturated rings. The summed E-state index contributed by atoms with van der Waals surface area (Å²) >= 11 is 0. The molecule has 0 saturated carbocycles. The number of amides is 2. The van der Waals surface area contributed by atoms with Crippen LogP contribution in [0.15, 0.2) is 48.5 Å². The lowest BCUT2D eigenvalue weighted by atomic mass is 10.1. The average molecular weight is 353 g/mol. The van der Waals surface area contributed by atoms with Crippen molar-refractivity contribution >= 4 is 17.5 Å². The van der Waals surface area contributed by atoms with Gasteiger partial charge in [-0.05, 0) is 37.4 Å². The zero-order valence-corrected chi connectivity index (χ0v) is 15.0. The summed E-state index contributed by atoms with van der Waals surface area (Å²) in [7, 11) is 4.05. The first-order valence-electron chi connectivity index (χ1n) is 8.57. The molecule has 1 aliphatic rings. The van der Waals surface area contributed by atoms with Gasteiger partial charge in [0, 0.05) is 13.1 Å². The molecule has 6 nitrogen and oxygen atoms in total. The monoisotopic (exact) mass is 353 g/mol. The summed E-state index contributed by atoms with van der Waals surface area (Å²) in [6.45, 7) is 1.30. The number of nitrogens with zero attached hydrogens (tertiary/aromatic N) is 1. The van der Waals surface area contributed by atoms with Crippen LogP contribution in [0.5, 0.6) is 5.75 Å². The molecule has 1 aliphatic heterocycles. The molecule has 0 saturated heterocycles. The first kappa shape index (κ1) is 17.9. The predicted octanol–water partition coefficient (Wildman–Crippen LogP) is 2.15. The Morgan fingerprint density at radius 3 is 2.54 bits per heavy atom. The highest BCUT2D eigenvalue weighted by molar-refractivity contribution is 5.99. The number of rotatable bonds is 6. The molecule has 136 valence electrons. The van der Waals surface area contributed by atoms with E-state index < -0.39 is 6.10 Å². The van der Waals surface area contributed by atoms with Crippen LogP contribution in [0.1, 0.15) is 17.5 Å². The third-order valence-corrected chi connectivity index (χ3v) is 4.09. The number of anilines is 1. The van der Waals surface area contributed by atoms with Crippen LogP contribution in [-0.4, -0.2) is 36.9 Å². The van der Waals surface area contributed by atoms with Gasteiger partial charge in [-0.2, -0.15) is 0 Å². The van der Waals surface area contributed by atoms with E-state index in [-0.39, 0.29) is 18.2 Å². The van der Waals surface area contributed by atoms with E-state index in [0.717, 1.165) is 12.1 Å². The minimum absolute atomic E-state index is 0.0150. The van der Waals surface area contributed by atoms with Crippen LogP contribution in [0.2, 0.25) is 0 Å². The van der Waals surface area contributed by atoms with Crippen LogP contribution in [0.25, 0.3) is 0 Å². The predicted molar refractivity (Wildman–Crippen MR) is 99.8 cm³/mol. The van der Waals surface area contributed by atoms with Gasteiger partial charge in [-0.1, -0.05) is 36.4 Å². The van der Waals surface area contributed by atoms with Crippen molar-refractivity contribution in [3.05, 3.63) is 59.7 Å². The maximum atomic E-state index is 12.2. The number of para-hydroxylation sites is 2. The van der Waals surface area contributed by atoms with Crippen molar-refractivity contribution in [2.75, 3.05) is 19.4 Å². The molecule has 3 rings (SSSR count). The van der Waals surface area contributed by atoms with E-state index >= 15 is 0 Å². The minimum atomic E-state index is -0.813. The zero-order chi connectivity index (χ0) is 18.5. The van der Waals surface area contributed by atoms with E-state index in [4.69, 9.17) is 4.74 Å². The van der Waals surface area contributed by atoms with Crippen molar-refractivity contribution < 1.29 is 14.3 Å². The van der Waals surface area contributed by atoms with Crippen LogP contribution in [0.3, 0.4) is 0 Å². The molecule has 0 aromatic heterocycles. The Balaban J connectivity index is 1.51. The molecule has 2 aromatic rings. The summed E-state index contributed by atoms with van der Waals surface area (Å²) in [6.07, 6.45) is -0.828. The zero-order valence-electron chi connectivity index (χ0n) is 15.0. The van der Waals surface area contributed by atoms with Crippen molar-refractivity contribution in [1.29, 1.82) is 0 Å². The molecule has 0 spiro atoms. The molecule has 0 unspecified atom stereocenters. The molecular weight excluding hydrogens is 330 g/mol. The number of carbonyl (C=O) groups is 2. The number of nitrogens with one attached hydrogen (secondary N) is 2. The van der Waals surface area contributed by atoms with Crippen LogP contribution >= 0.6 is 0 Å². The van der Waals surface area contributed by atoms with Crippen molar-refractivity contribution in [2.45, 2.75) is 25.6 Å². The van der Waals surface area contributed by atoms with Crippen molar-refractivity contribution in [2.24, 2.45) is 0 Å². The Hall–Kier alpha value is -2.86. The van der Waals surface area contributed by atoms with Crippen LogP contribution in [-0.2, 0) is 22.7 Å². The molecule has 0 bridgehead atoms. The number of benzene rings is 2. The van der Waals surface area contributed by atoms with Gasteiger partial charge < -0.3 is 20.3 Å². The van der Waals surface area contributed by atoms with Crippen LogP contribution in [0, 0.1) is 0 Å². The molecule has 0 aliphatic carbocycles. The van der Waals surface area contributed by atoms with E-state index in [9.17, 15) is 9.59 Å². The quantitative estimate of drug-likeness (QED) is 0.835. The molecule has 1 atom stereocenters. The van der Waals surface area contributed by atoms with Gasteiger partial charge in [-0.25, -0.2) is 0 Å². The summed E-state index contributed by atoms with van der Waals surface area (Å²) < 4.78 is 5.64. The van der Waals surface area contributed by atoms with Crippen LogP contribution in [0.4, 0.5) is 5.69 Å². The van der Waals surface area contributed by atoms with E-state index in [2.05, 4.69) is 27.7 Å². The van der Waals surface area contributed by atoms with E-state index in [1.165, 1.54) is 5.56 Å². The van der Waals surface area contributed by atoms with E-state index in [1.54, 1.807) is 12.1 Å². The van der Waals surface area contributed by atoms with E-state index in [0.29, 0.717) is 18.0 Å². The Bertz CT molecular complexity index is 787. The Labute approximate surface area is 153 Å². The van der Waals surface area contributed by atoms with Gasteiger partial charge in [0.15, 0.2) is 6.10 Å². The fourth-order valence-corrected chi connectivity index (χ4v) is 2.80. The number of hydrogen-bond donors (Lipinski definition) is 2. The first-order chi connectivity index (χ1) is 12.5. The minimum Gasteiger partial charge on any atom is -0.478 e. The molecule has 2 aromatic carbocycles. The van der Waals surface area contributed by atoms with Gasteiger partial charge in [-0.15, -0.1) is 0 Å². The molecule has 2 N–H and O–H groups in total. The van der Waals surface area contributed by atoms with Gasteiger partial charge >= 0.3 is 0 Å². The lowest BCUT2D eigenvalue weighted by molar-refractivity contribution is -0.130. The second kappa shape index (κ2) is 8.01. The number of hydrogen-bond acceptors (Lipinski definition) is 4. The molecule has 2 amide bonds. The molecule has 6 heteroatoms. The number of ether oxygens (including phenoxy) is 1. The Morgan fingerprint density at radius 2 is 1.81 bits per heavy atom. The fraction of sp³-hybridized carbons (Fsp3) is 0.300. The summed E-state index contributed by atoms with van der Waals surface area (Å²) in [5.74, 6) is 0.0650. The smallest absolute Gasteiger partial charge is 0.266 e. The highest BCUT2D eigenvalue weighted by Crippen LogP contribution is 2.29. The second-order valence-electron chi connectivity index (χ2n) is 6.63. The molecular formula is C20H23N3O3. The lowest BCUT2D eigenvalue weighted by Crippen LogP contribution is -2.40. The fourth-order valence-electron chi connectivity index (χ4n) is 2.80. The largest absolute Gasteiger partial charge is 0.478 e. The highest BCUT2D eigenvalue weighted by atomic mass is 16.5. The summed E-state index contributed by atoms with van der Waals surface area (Å²) in [4.78, 5) is 26.4. The Morgan fingerprint density at radius 1 is 1.12 bits per heavy atom. The maximum absolute atomic E-state index is 12.2. The van der Waals surface area contributed by atoms with Gasteiger partial charge in [0.2, 0.25) is 5.91 Å². The van der Waals surface area contributed by atoms with Crippen molar-refractivity contribution in [3.8, 4) is 5.75 Å². The standard InChI is InChI=1S/C20H23N3O3/c1-23(2)13-15-9-7-14(8-10-15)12-21-19(24)11-18-20(25)22-16-5-3-4-6-17(16)26-18/h3-10,18H,11-13H2,1-2H3,(H,21,24)(H,22,25)/t18-/m0/s1. The van der Waals surface area contributed by atoms with Gasteiger partial charge in [-0.3, -0.25) is 9.59 Å². The summed E-state index contributed by atoms with van der Waals surface area (Å²) in [5.41, 5.74) is 2.86. The van der Waals surface area contributed by atoms with Gasteiger partial charge in [0.25, 0.3) is 5.91 Å². The van der Waals surface area contributed by atoms with E-state index in [1.807, 2.05) is 38.4 Å². The second-order valence-corrected chi connectivity index (χ2v) is 6.63. The van der Waals surface area contributed by atoms with Crippen molar-refractivity contribution in [3.63, 3.8) is 0 Å². The third kappa shape index (κ3) is 4.61. The summed E-state index contributed by atoms with van der Waals surface area (Å²) in [5, 5.41) is 5.60. The maximum Gasteiger partial charge on any atom is 0.266 e. The topological polar surface area (TPSA) is 70.7 Å². The number of carbonyl (C=O) groups excluding carboxylic acids is 2. The Kier molecular flexibility index (Phi) is 5.53. The highest BCUT2D eigenvalue weighted by Gasteiger charge is 2.29.